The van der Waals surface area contributed by atoms with Crippen LogP contribution in [0.5, 0.6) is 0 Å². The smallest absolute Gasteiger partial charge is 0.133 e. The molecular formula is C21H20FN5O. The lowest BCUT2D eigenvalue weighted by Gasteiger charge is -2.29. The van der Waals surface area contributed by atoms with Crippen LogP contribution in [0.1, 0.15) is 16.7 Å². The number of nitrogens with one attached hydrogen (secondary N) is 1. The van der Waals surface area contributed by atoms with Gasteiger partial charge in [0.1, 0.15) is 17.7 Å². The molecule has 4 rings (SSSR count). The van der Waals surface area contributed by atoms with Gasteiger partial charge in [0.15, 0.2) is 0 Å². The summed E-state index contributed by atoms with van der Waals surface area (Å²) in [5.41, 5.74) is 3.40. The fourth-order valence-electron chi connectivity index (χ4n) is 3.52. The van der Waals surface area contributed by atoms with Crippen LogP contribution in [0, 0.1) is 24.1 Å². The van der Waals surface area contributed by atoms with Gasteiger partial charge >= 0.3 is 0 Å². The summed E-state index contributed by atoms with van der Waals surface area (Å²) in [5.74, 6) is 0.554. The van der Waals surface area contributed by atoms with Crippen molar-refractivity contribution in [1.29, 1.82) is 5.26 Å². The Bertz CT molecular complexity index is 1060. The number of ether oxygens (including phenoxy) is 1. The molecule has 7 heteroatoms. The van der Waals surface area contributed by atoms with Gasteiger partial charge in [-0.25, -0.2) is 9.37 Å². The zero-order valence-electron chi connectivity index (χ0n) is 15.6. The van der Waals surface area contributed by atoms with Crippen molar-refractivity contribution in [3.05, 3.63) is 59.2 Å². The molecule has 142 valence electrons. The summed E-state index contributed by atoms with van der Waals surface area (Å²) in [5, 5.41) is 13.4. The lowest BCUT2D eigenvalue weighted by Crippen LogP contribution is -2.37. The minimum absolute atomic E-state index is 0.347. The SMILES string of the molecule is Cc1cc(F)cc2c(NCc3cccnc3N3CCOCC3)c(C#N)cnc12. The van der Waals surface area contributed by atoms with Crippen LogP contribution in [0.15, 0.2) is 36.7 Å². The van der Waals surface area contributed by atoms with Crippen LogP contribution in [0.25, 0.3) is 10.9 Å². The number of nitrogens with zero attached hydrogens (tertiary/aromatic N) is 4. The number of anilines is 2. The largest absolute Gasteiger partial charge is 0.379 e. The van der Waals surface area contributed by atoms with Crippen molar-refractivity contribution in [1.82, 2.24) is 9.97 Å². The Morgan fingerprint density at radius 3 is 2.89 bits per heavy atom. The van der Waals surface area contributed by atoms with Crippen molar-refractivity contribution in [2.24, 2.45) is 0 Å². The fourth-order valence-corrected chi connectivity index (χ4v) is 3.52. The monoisotopic (exact) mass is 377 g/mol. The van der Waals surface area contributed by atoms with Crippen molar-refractivity contribution >= 4 is 22.4 Å². The summed E-state index contributed by atoms with van der Waals surface area (Å²) >= 11 is 0. The van der Waals surface area contributed by atoms with Gasteiger partial charge in [-0.2, -0.15) is 5.26 Å². The Balaban J connectivity index is 1.69. The van der Waals surface area contributed by atoms with Crippen molar-refractivity contribution in [3.63, 3.8) is 0 Å². The molecule has 0 aliphatic carbocycles. The second-order valence-corrected chi connectivity index (χ2v) is 6.72. The van der Waals surface area contributed by atoms with Crippen LogP contribution in [-0.4, -0.2) is 36.3 Å². The molecule has 28 heavy (non-hydrogen) atoms. The highest BCUT2D eigenvalue weighted by atomic mass is 19.1. The Morgan fingerprint density at radius 1 is 1.29 bits per heavy atom. The van der Waals surface area contributed by atoms with Crippen molar-refractivity contribution in [2.45, 2.75) is 13.5 Å². The van der Waals surface area contributed by atoms with Crippen LogP contribution in [0.4, 0.5) is 15.9 Å². The number of hydrogen-bond donors (Lipinski definition) is 1. The first-order valence-corrected chi connectivity index (χ1v) is 9.17. The highest BCUT2D eigenvalue weighted by Crippen LogP contribution is 2.30. The third-order valence-electron chi connectivity index (χ3n) is 4.88. The quantitative estimate of drug-likeness (QED) is 0.751. The van der Waals surface area contributed by atoms with E-state index in [0.717, 1.165) is 30.0 Å². The number of halogens is 1. The minimum Gasteiger partial charge on any atom is -0.379 e. The zero-order chi connectivity index (χ0) is 19.5. The van der Waals surface area contributed by atoms with Crippen LogP contribution < -0.4 is 10.2 Å². The predicted octanol–water partition coefficient (Wildman–Crippen LogP) is 3.40. The summed E-state index contributed by atoms with van der Waals surface area (Å²) in [6.45, 7) is 5.20. The van der Waals surface area contributed by atoms with Gasteiger partial charge in [-0.3, -0.25) is 4.98 Å². The van der Waals surface area contributed by atoms with E-state index in [-0.39, 0.29) is 5.82 Å². The highest BCUT2D eigenvalue weighted by molar-refractivity contribution is 5.95. The molecule has 2 aromatic heterocycles. The number of hydrogen-bond acceptors (Lipinski definition) is 6. The van der Waals surface area contributed by atoms with Crippen molar-refractivity contribution in [3.8, 4) is 6.07 Å². The average Bonchev–Trinajstić information content (AvgIpc) is 2.72. The molecular weight excluding hydrogens is 357 g/mol. The third kappa shape index (κ3) is 3.47. The van der Waals surface area contributed by atoms with E-state index in [4.69, 9.17) is 4.74 Å². The second-order valence-electron chi connectivity index (χ2n) is 6.72. The molecule has 1 N–H and O–H groups in total. The minimum atomic E-state index is -0.347. The molecule has 0 spiro atoms. The fraction of sp³-hybridized carbons (Fsp3) is 0.286. The maximum Gasteiger partial charge on any atom is 0.133 e. The Labute approximate surface area is 162 Å². The van der Waals surface area contributed by atoms with E-state index >= 15 is 0 Å². The van der Waals surface area contributed by atoms with E-state index in [1.54, 1.807) is 6.20 Å². The van der Waals surface area contributed by atoms with Crippen LogP contribution in [0.2, 0.25) is 0 Å². The lowest BCUT2D eigenvalue weighted by atomic mass is 10.1. The normalized spacial score (nSPS) is 14.1. The molecule has 0 atom stereocenters. The number of aromatic nitrogens is 2. The Hall–Kier alpha value is -3.24. The summed E-state index contributed by atoms with van der Waals surface area (Å²) in [7, 11) is 0. The molecule has 1 aromatic carbocycles. The second kappa shape index (κ2) is 7.79. The molecule has 6 nitrogen and oxygen atoms in total. The molecule has 3 heterocycles. The number of aryl methyl sites for hydroxylation is 1. The first-order valence-electron chi connectivity index (χ1n) is 9.17. The summed E-state index contributed by atoms with van der Waals surface area (Å²) in [6.07, 6.45) is 3.30. The molecule has 0 unspecified atom stereocenters. The third-order valence-corrected chi connectivity index (χ3v) is 4.88. The Kier molecular flexibility index (Phi) is 5.04. The molecule has 1 aliphatic heterocycles. The number of pyridine rings is 2. The molecule has 0 amide bonds. The van der Waals surface area contributed by atoms with E-state index < -0.39 is 0 Å². The average molecular weight is 377 g/mol. The standard InChI is InChI=1S/C21H20FN5O/c1-14-9-17(22)10-18-19(14)25-13-16(11-23)20(18)26-12-15-3-2-4-24-21(15)27-5-7-28-8-6-27/h2-4,9-10,13H,5-8,12H2,1H3,(H,25,26). The molecule has 0 bridgehead atoms. The maximum absolute atomic E-state index is 14.0. The topological polar surface area (TPSA) is 74.1 Å². The Morgan fingerprint density at radius 2 is 2.11 bits per heavy atom. The van der Waals surface area contributed by atoms with Gasteiger partial charge in [-0.15, -0.1) is 0 Å². The first kappa shape index (κ1) is 18.1. The summed E-state index contributed by atoms with van der Waals surface area (Å²) in [4.78, 5) is 11.1. The zero-order valence-corrected chi connectivity index (χ0v) is 15.6. The van der Waals surface area contributed by atoms with Crippen LogP contribution >= 0.6 is 0 Å². The van der Waals surface area contributed by atoms with Gasteiger partial charge < -0.3 is 15.0 Å². The molecule has 1 saturated heterocycles. The van der Waals surface area contributed by atoms with Crippen molar-refractivity contribution < 1.29 is 9.13 Å². The molecule has 0 radical (unpaired) electrons. The van der Waals surface area contributed by atoms with E-state index in [1.165, 1.54) is 18.3 Å². The van der Waals surface area contributed by atoms with Gasteiger partial charge in [0.05, 0.1) is 30.0 Å². The first-order chi connectivity index (χ1) is 13.7. The van der Waals surface area contributed by atoms with E-state index in [9.17, 15) is 9.65 Å². The van der Waals surface area contributed by atoms with Crippen molar-refractivity contribution in [2.75, 3.05) is 36.5 Å². The van der Waals surface area contributed by atoms with E-state index in [1.807, 2.05) is 19.1 Å². The highest BCUT2D eigenvalue weighted by Gasteiger charge is 2.17. The van der Waals surface area contributed by atoms with E-state index in [0.29, 0.717) is 41.9 Å². The number of morpholine rings is 1. The van der Waals surface area contributed by atoms with Gasteiger partial charge in [-0.1, -0.05) is 6.07 Å². The van der Waals surface area contributed by atoms with Crippen LogP contribution in [0.3, 0.4) is 0 Å². The molecule has 1 fully saturated rings. The number of benzene rings is 1. The molecule has 0 saturated carbocycles. The maximum atomic E-state index is 14.0. The number of nitriles is 1. The van der Waals surface area contributed by atoms with Gasteiger partial charge in [0.2, 0.25) is 0 Å². The summed E-state index contributed by atoms with van der Waals surface area (Å²) < 4.78 is 19.4. The van der Waals surface area contributed by atoms with Gasteiger partial charge in [-0.05, 0) is 30.7 Å². The van der Waals surface area contributed by atoms with Gasteiger partial charge in [0, 0.05) is 43.0 Å². The number of rotatable bonds is 4. The number of fused-ring (bicyclic) bond motifs is 1. The van der Waals surface area contributed by atoms with Gasteiger partial charge in [0.25, 0.3) is 0 Å². The lowest BCUT2D eigenvalue weighted by molar-refractivity contribution is 0.122. The predicted molar refractivity (Wildman–Crippen MR) is 106 cm³/mol. The summed E-state index contributed by atoms with van der Waals surface area (Å²) in [6, 6.07) is 8.91. The van der Waals surface area contributed by atoms with E-state index in [2.05, 4.69) is 26.3 Å². The molecule has 3 aromatic rings. The van der Waals surface area contributed by atoms with Crippen LogP contribution in [-0.2, 0) is 11.3 Å². The molecule has 1 aliphatic rings.